The number of nitrogens with zero attached hydrogens (tertiary/aromatic N) is 2. The summed E-state index contributed by atoms with van der Waals surface area (Å²) >= 11 is 0. The van der Waals surface area contributed by atoms with E-state index in [0.29, 0.717) is 33.4 Å². The highest BCUT2D eigenvalue weighted by molar-refractivity contribution is 5.61. The van der Waals surface area contributed by atoms with E-state index in [1.54, 1.807) is 13.8 Å². The molecule has 0 atom stereocenters. The lowest BCUT2D eigenvalue weighted by molar-refractivity contribution is 0.0200. The summed E-state index contributed by atoms with van der Waals surface area (Å²) < 4.78 is 0.943. The molecule has 0 aliphatic carbocycles. The van der Waals surface area contributed by atoms with E-state index >= 15 is 0 Å². The molecular weight excluding hydrogens is 296 g/mol. The Morgan fingerprint density at radius 1 is 0.909 bits per heavy atom. The van der Waals surface area contributed by atoms with Gasteiger partial charge in [-0.2, -0.15) is 4.79 Å². The van der Waals surface area contributed by atoms with Crippen molar-refractivity contribution in [1.82, 2.24) is 9.46 Å². The highest BCUT2D eigenvalue weighted by Gasteiger charge is 2.21. The molecule has 2 rings (SSSR count). The normalized spacial score (nSPS) is 10.6. The highest BCUT2D eigenvalue weighted by Crippen LogP contribution is 2.28. The van der Waals surface area contributed by atoms with Crippen LogP contribution in [0.4, 0.5) is 4.79 Å². The Hall–Kier alpha value is -2.97. The molecule has 0 amide bonds. The van der Waals surface area contributed by atoms with E-state index in [4.69, 9.17) is 0 Å². The van der Waals surface area contributed by atoms with Crippen molar-refractivity contribution in [2.75, 3.05) is 0 Å². The number of carbonyl (C=O) groups excluding carboxylic acids is 1. The van der Waals surface area contributed by atoms with E-state index in [2.05, 4.69) is 9.68 Å². The molecule has 2 aromatic heterocycles. The van der Waals surface area contributed by atoms with E-state index in [0.717, 1.165) is 0 Å². The van der Waals surface area contributed by atoms with Crippen LogP contribution in [0.25, 0.3) is 0 Å². The van der Waals surface area contributed by atoms with Gasteiger partial charge in [0.1, 0.15) is 0 Å². The first kappa shape index (κ1) is 15.4. The molecule has 0 radical (unpaired) electrons. The number of aromatic hydroxyl groups is 4. The van der Waals surface area contributed by atoms with Gasteiger partial charge in [0.25, 0.3) is 0 Å². The van der Waals surface area contributed by atoms with Crippen LogP contribution in [0.3, 0.4) is 0 Å². The Morgan fingerprint density at radius 3 is 1.55 bits per heavy atom. The van der Waals surface area contributed by atoms with E-state index in [1.807, 2.05) is 0 Å². The van der Waals surface area contributed by atoms with E-state index < -0.39 is 29.7 Å². The predicted octanol–water partition coefficient (Wildman–Crippen LogP) is 0.914. The van der Waals surface area contributed by atoms with Crippen molar-refractivity contribution >= 4 is 6.16 Å². The standard InChI is InChI=1S/C13H16N2O7/c1-3-7-5-9(16)14(11(7)18)21-13(20)22-15-10(17)6-8(4-2)12(15)19/h5-6,16-19H,3-4H2,1-2H3. The van der Waals surface area contributed by atoms with Gasteiger partial charge in [0.05, 0.1) is 0 Å². The molecule has 0 bridgehead atoms. The summed E-state index contributed by atoms with van der Waals surface area (Å²) in [5.74, 6) is -1.90. The van der Waals surface area contributed by atoms with Crippen LogP contribution in [0.1, 0.15) is 25.0 Å². The minimum Gasteiger partial charge on any atom is -0.492 e. The van der Waals surface area contributed by atoms with Gasteiger partial charge >= 0.3 is 6.16 Å². The van der Waals surface area contributed by atoms with Crippen molar-refractivity contribution in [3.63, 3.8) is 0 Å². The largest absolute Gasteiger partial charge is 0.560 e. The number of rotatable bonds is 4. The molecule has 2 heterocycles. The Morgan fingerprint density at radius 2 is 1.27 bits per heavy atom. The predicted molar refractivity (Wildman–Crippen MR) is 72.8 cm³/mol. The van der Waals surface area contributed by atoms with Gasteiger partial charge in [-0.3, -0.25) is 9.68 Å². The quantitative estimate of drug-likeness (QED) is 0.661. The van der Waals surface area contributed by atoms with Crippen molar-refractivity contribution in [2.45, 2.75) is 26.7 Å². The Bertz CT molecular complexity index is 644. The lowest BCUT2D eigenvalue weighted by atomic mass is 10.2. The van der Waals surface area contributed by atoms with Crippen LogP contribution in [-0.4, -0.2) is 36.0 Å². The Balaban J connectivity index is 2.18. The molecule has 2 aromatic rings. The van der Waals surface area contributed by atoms with Gasteiger partial charge in [-0.05, 0) is 12.8 Å². The van der Waals surface area contributed by atoms with Gasteiger partial charge in [-0.15, -0.1) is 9.46 Å². The first-order valence-electron chi connectivity index (χ1n) is 6.54. The summed E-state index contributed by atoms with van der Waals surface area (Å²) in [6.45, 7) is 3.47. The average molecular weight is 312 g/mol. The minimum absolute atomic E-state index is 0.366. The highest BCUT2D eigenvalue weighted by atomic mass is 16.9. The molecule has 0 aliphatic rings. The van der Waals surface area contributed by atoms with Crippen LogP contribution in [0, 0.1) is 0 Å². The molecule has 0 saturated heterocycles. The lowest BCUT2D eigenvalue weighted by Crippen LogP contribution is -2.28. The molecule has 22 heavy (non-hydrogen) atoms. The minimum atomic E-state index is -1.38. The monoisotopic (exact) mass is 312 g/mol. The van der Waals surface area contributed by atoms with Crippen molar-refractivity contribution in [3.05, 3.63) is 23.3 Å². The maximum Gasteiger partial charge on any atom is 0.560 e. The van der Waals surface area contributed by atoms with Crippen LogP contribution >= 0.6 is 0 Å². The van der Waals surface area contributed by atoms with Crippen LogP contribution in [0.2, 0.25) is 0 Å². The molecule has 4 N–H and O–H groups in total. The number of aryl methyl sites for hydroxylation is 2. The zero-order valence-electron chi connectivity index (χ0n) is 12.0. The third-order valence-electron chi connectivity index (χ3n) is 3.08. The number of hydrogen-bond donors (Lipinski definition) is 4. The van der Waals surface area contributed by atoms with Gasteiger partial charge in [0.15, 0.2) is 0 Å². The van der Waals surface area contributed by atoms with Gasteiger partial charge in [-0.1, -0.05) is 13.8 Å². The van der Waals surface area contributed by atoms with Crippen LogP contribution < -0.4 is 9.68 Å². The van der Waals surface area contributed by atoms with Crippen LogP contribution in [0.5, 0.6) is 23.5 Å². The third-order valence-corrected chi connectivity index (χ3v) is 3.08. The number of carbonyl (C=O) groups is 1. The zero-order chi connectivity index (χ0) is 16.4. The van der Waals surface area contributed by atoms with Gasteiger partial charge in [0, 0.05) is 23.3 Å². The van der Waals surface area contributed by atoms with Crippen molar-refractivity contribution in [1.29, 1.82) is 0 Å². The van der Waals surface area contributed by atoms with E-state index in [1.165, 1.54) is 12.1 Å². The summed E-state index contributed by atoms with van der Waals surface area (Å²) in [7, 11) is 0. The summed E-state index contributed by atoms with van der Waals surface area (Å²) in [6.07, 6.45) is -0.569. The summed E-state index contributed by atoms with van der Waals surface area (Å²) in [6, 6.07) is 2.45. The zero-order valence-corrected chi connectivity index (χ0v) is 12.0. The Kier molecular flexibility index (Phi) is 4.06. The van der Waals surface area contributed by atoms with Gasteiger partial charge < -0.3 is 20.4 Å². The SMILES string of the molecule is CCc1cc(O)n(OC(=O)On2c(O)cc(CC)c2O)c1O. The fraction of sp³-hybridized carbons (Fsp3) is 0.308. The second-order valence-electron chi connectivity index (χ2n) is 4.43. The fourth-order valence-electron chi connectivity index (χ4n) is 1.90. The Labute approximate surface area is 125 Å². The molecule has 0 aromatic carbocycles. The lowest BCUT2D eigenvalue weighted by Gasteiger charge is -2.09. The van der Waals surface area contributed by atoms with Crippen molar-refractivity contribution < 1.29 is 34.9 Å². The number of hydrogen-bond acceptors (Lipinski definition) is 7. The maximum atomic E-state index is 11.7. The van der Waals surface area contributed by atoms with Crippen LogP contribution in [0.15, 0.2) is 12.1 Å². The second kappa shape index (κ2) is 5.80. The maximum absolute atomic E-state index is 11.7. The molecular formula is C13H16N2O7. The summed E-state index contributed by atoms with van der Waals surface area (Å²) in [5, 5.41) is 38.6. The average Bonchev–Trinajstić information content (AvgIpc) is 2.91. The summed E-state index contributed by atoms with van der Waals surface area (Å²) in [5.41, 5.74) is 0.732. The topological polar surface area (TPSA) is 126 Å². The summed E-state index contributed by atoms with van der Waals surface area (Å²) in [4.78, 5) is 20.9. The smallest absolute Gasteiger partial charge is 0.492 e. The van der Waals surface area contributed by atoms with E-state index in [-0.39, 0.29) is 0 Å². The molecule has 0 saturated carbocycles. The molecule has 0 unspecified atom stereocenters. The second-order valence-corrected chi connectivity index (χ2v) is 4.43. The molecule has 9 nitrogen and oxygen atoms in total. The van der Waals surface area contributed by atoms with Crippen molar-refractivity contribution in [2.24, 2.45) is 0 Å². The molecule has 0 aliphatic heterocycles. The van der Waals surface area contributed by atoms with Gasteiger partial charge in [-0.25, -0.2) is 0 Å². The van der Waals surface area contributed by atoms with Crippen LogP contribution in [-0.2, 0) is 12.8 Å². The fourth-order valence-corrected chi connectivity index (χ4v) is 1.90. The van der Waals surface area contributed by atoms with Gasteiger partial charge in [0.2, 0.25) is 23.5 Å². The number of aromatic nitrogens is 2. The van der Waals surface area contributed by atoms with E-state index in [9.17, 15) is 25.2 Å². The first-order valence-corrected chi connectivity index (χ1v) is 6.54. The first-order chi connectivity index (χ1) is 10.4. The molecule has 9 heteroatoms. The molecule has 0 spiro atoms. The molecule has 0 fully saturated rings. The molecule has 120 valence electrons. The third kappa shape index (κ3) is 2.60. The van der Waals surface area contributed by atoms with Crippen molar-refractivity contribution in [3.8, 4) is 23.5 Å².